The summed E-state index contributed by atoms with van der Waals surface area (Å²) in [6, 6.07) is 18.5. The van der Waals surface area contributed by atoms with Gasteiger partial charge in [-0.1, -0.05) is 42.5 Å². The van der Waals surface area contributed by atoms with Gasteiger partial charge in [0.1, 0.15) is 12.1 Å². The second kappa shape index (κ2) is 12.3. The van der Waals surface area contributed by atoms with Gasteiger partial charge in [-0.05, 0) is 81.1 Å². The molecule has 0 fully saturated rings. The van der Waals surface area contributed by atoms with Crippen LogP contribution in [-0.4, -0.2) is 31.7 Å². The van der Waals surface area contributed by atoms with Crippen molar-refractivity contribution in [3.8, 4) is 28.5 Å². The minimum Gasteiger partial charge on any atom is -0.406 e. The Kier molecular flexibility index (Phi) is 8.54. The molecule has 3 aromatic carbocycles. The fourth-order valence-corrected chi connectivity index (χ4v) is 5.53. The second-order valence-electron chi connectivity index (χ2n) is 10.2. The number of halogens is 3. The highest BCUT2D eigenvalue weighted by atomic mass is 32.1. The van der Waals surface area contributed by atoms with Crippen LogP contribution in [0.4, 0.5) is 18.0 Å². The Morgan fingerprint density at radius 2 is 1.61 bits per heavy atom. The van der Waals surface area contributed by atoms with Gasteiger partial charge in [-0.3, -0.25) is 4.57 Å². The van der Waals surface area contributed by atoms with Crippen molar-refractivity contribution >= 4 is 22.9 Å². The summed E-state index contributed by atoms with van der Waals surface area (Å²) < 4.78 is 44.7. The minimum atomic E-state index is -4.76. The van der Waals surface area contributed by atoms with Crippen molar-refractivity contribution in [2.24, 2.45) is 4.99 Å². The molecule has 5 aromatic rings. The lowest BCUT2D eigenvalue weighted by atomic mass is 10.0. The third-order valence-corrected chi connectivity index (χ3v) is 7.94. The second-order valence-corrected chi connectivity index (χ2v) is 11.0. The number of benzene rings is 3. The molecule has 0 spiro atoms. The lowest BCUT2D eigenvalue weighted by molar-refractivity contribution is -0.274. The van der Waals surface area contributed by atoms with Crippen LogP contribution in [0.1, 0.15) is 36.2 Å². The number of aromatic nitrogens is 4. The van der Waals surface area contributed by atoms with E-state index in [-0.39, 0.29) is 5.75 Å². The zero-order valence-electron chi connectivity index (χ0n) is 24.6. The molecular weight excluding hydrogens is 589 g/mol. The number of rotatable bonds is 6. The Morgan fingerprint density at radius 3 is 2.25 bits per heavy atom. The first-order valence-corrected chi connectivity index (χ1v) is 14.4. The number of urea groups is 1. The monoisotopic (exact) mass is 618 g/mol. The van der Waals surface area contributed by atoms with Crippen LogP contribution in [-0.2, 0) is 0 Å². The number of nitrogens with one attached hydrogen (secondary N) is 1. The quantitative estimate of drug-likeness (QED) is 0.212. The molecule has 44 heavy (non-hydrogen) atoms. The Labute approximate surface area is 255 Å². The molecule has 0 aliphatic rings. The third kappa shape index (κ3) is 6.81. The van der Waals surface area contributed by atoms with Crippen molar-refractivity contribution in [2.45, 2.75) is 41.0 Å². The fraction of sp³-hybridized carbons (Fsp3) is 0.188. The molecule has 2 aromatic heterocycles. The van der Waals surface area contributed by atoms with E-state index in [0.29, 0.717) is 22.0 Å². The maximum Gasteiger partial charge on any atom is 0.573 e. The van der Waals surface area contributed by atoms with E-state index in [2.05, 4.69) is 25.1 Å². The number of amides is 2. The van der Waals surface area contributed by atoms with E-state index in [1.54, 1.807) is 0 Å². The van der Waals surface area contributed by atoms with Gasteiger partial charge in [0.15, 0.2) is 10.6 Å². The number of carbonyl (C=O) groups excluding carboxylic acids is 1. The van der Waals surface area contributed by atoms with Gasteiger partial charge in [0, 0.05) is 22.3 Å². The highest BCUT2D eigenvalue weighted by Gasteiger charge is 2.31. The number of allylic oxidation sites excluding steroid dienone is 2. The van der Waals surface area contributed by atoms with Crippen LogP contribution in [0.2, 0.25) is 0 Å². The molecule has 0 aliphatic carbocycles. The smallest absolute Gasteiger partial charge is 0.406 e. The minimum absolute atomic E-state index is 0.316. The topological polar surface area (TPSA) is 86.3 Å². The maximum absolute atomic E-state index is 13.0. The Balaban J connectivity index is 1.30. The molecule has 0 aliphatic heterocycles. The molecular formula is C32H29F3N6O2S. The Morgan fingerprint density at radius 1 is 0.955 bits per heavy atom. The van der Waals surface area contributed by atoms with Crippen molar-refractivity contribution in [3.63, 3.8) is 0 Å². The molecule has 0 saturated heterocycles. The van der Waals surface area contributed by atoms with Crippen LogP contribution in [0.3, 0.4) is 0 Å². The molecule has 0 radical (unpaired) electrons. The number of nitrogens with zero attached hydrogens (tertiary/aromatic N) is 5. The number of alkyl halides is 3. The number of ether oxygens (including phenoxy) is 1. The average molecular weight is 619 g/mol. The molecule has 2 amide bonds. The zero-order chi connectivity index (χ0) is 31.6. The first-order valence-electron chi connectivity index (χ1n) is 13.5. The van der Waals surface area contributed by atoms with Crippen LogP contribution in [0.5, 0.6) is 5.75 Å². The number of aryl methyl sites for hydroxylation is 3. The summed E-state index contributed by atoms with van der Waals surface area (Å²) in [4.78, 5) is 22.3. The largest absolute Gasteiger partial charge is 0.573 e. The molecule has 2 heterocycles. The van der Waals surface area contributed by atoms with Gasteiger partial charge in [0.05, 0.1) is 11.4 Å². The van der Waals surface area contributed by atoms with Crippen LogP contribution >= 0.6 is 11.3 Å². The van der Waals surface area contributed by atoms with Crippen molar-refractivity contribution in [1.82, 2.24) is 24.6 Å². The van der Waals surface area contributed by atoms with Crippen molar-refractivity contribution in [3.05, 3.63) is 111 Å². The molecule has 0 atom stereocenters. The predicted octanol–water partition coefficient (Wildman–Crippen LogP) is 7.67. The summed E-state index contributed by atoms with van der Waals surface area (Å²) in [5, 5.41) is 9.32. The summed E-state index contributed by atoms with van der Waals surface area (Å²) in [5.74, 6) is 0.129. The molecule has 5 rings (SSSR count). The Bertz CT molecular complexity index is 1900. The zero-order valence-corrected chi connectivity index (χ0v) is 25.4. The number of hydrogen-bond donors (Lipinski definition) is 1. The first-order chi connectivity index (χ1) is 20.9. The van der Waals surface area contributed by atoms with Gasteiger partial charge in [0.25, 0.3) is 0 Å². The van der Waals surface area contributed by atoms with Crippen LogP contribution in [0.25, 0.3) is 28.3 Å². The summed E-state index contributed by atoms with van der Waals surface area (Å²) in [5.41, 5.74) is 7.91. The Hall–Kier alpha value is -4.97. The molecule has 0 unspecified atom stereocenters. The van der Waals surface area contributed by atoms with E-state index >= 15 is 0 Å². The third-order valence-electron chi connectivity index (χ3n) is 7.00. The number of carbonyl (C=O) groups is 1. The standard InChI is InChI=1S/C32H29F3N6O2S/c1-19-7-6-8-20(2)28(19)41-21(3)17-44-31(41)38-30(42)37-23(5)22(4)24-9-11-25(12-10-24)29-36-18-40(39-29)26-13-15-27(16-14-26)43-32(33,34)35/h6-18H,1-5H3,(H,37,42)/b23-22+,38-31?. The SMILES string of the molecule is C/C(NC(=O)N=c1scc(C)n1-c1c(C)cccc1C)=C(/C)c1ccc(-c2ncn(-c3ccc(OC(F)(F)F)cc3)n2)cc1. The van der Waals surface area contributed by atoms with Crippen LogP contribution in [0.15, 0.2) is 89.1 Å². The van der Waals surface area contributed by atoms with Crippen LogP contribution in [0, 0.1) is 20.8 Å². The van der Waals surface area contributed by atoms with E-state index < -0.39 is 12.4 Å². The van der Waals surface area contributed by atoms with Crippen molar-refractivity contribution in [2.75, 3.05) is 0 Å². The van der Waals surface area contributed by atoms with E-state index in [1.165, 1.54) is 46.6 Å². The van der Waals surface area contributed by atoms with E-state index in [1.807, 2.05) is 87.0 Å². The predicted molar refractivity (Wildman–Crippen MR) is 164 cm³/mol. The first kappa shape index (κ1) is 30.5. The summed E-state index contributed by atoms with van der Waals surface area (Å²) in [6.07, 6.45) is -3.27. The normalized spacial score (nSPS) is 12.7. The van der Waals surface area contributed by atoms with Gasteiger partial charge in [-0.25, -0.2) is 14.5 Å². The average Bonchev–Trinajstić information content (AvgIpc) is 3.60. The molecule has 0 bridgehead atoms. The molecule has 1 N–H and O–H groups in total. The maximum atomic E-state index is 13.0. The molecule has 8 nitrogen and oxygen atoms in total. The number of para-hydroxylation sites is 1. The van der Waals surface area contributed by atoms with E-state index in [9.17, 15) is 18.0 Å². The van der Waals surface area contributed by atoms with Gasteiger partial charge >= 0.3 is 12.4 Å². The summed E-state index contributed by atoms with van der Waals surface area (Å²) in [6.45, 7) is 9.81. The van der Waals surface area contributed by atoms with Gasteiger partial charge < -0.3 is 10.1 Å². The summed E-state index contributed by atoms with van der Waals surface area (Å²) in [7, 11) is 0. The van der Waals surface area contributed by atoms with Crippen LogP contribution < -0.4 is 14.9 Å². The highest BCUT2D eigenvalue weighted by Crippen LogP contribution is 2.25. The lowest BCUT2D eigenvalue weighted by Crippen LogP contribution is -2.24. The van der Waals surface area contributed by atoms with Crippen molar-refractivity contribution in [1.29, 1.82) is 0 Å². The van der Waals surface area contributed by atoms with Gasteiger partial charge in [-0.15, -0.1) is 29.6 Å². The van der Waals surface area contributed by atoms with Gasteiger partial charge in [-0.2, -0.15) is 4.99 Å². The molecule has 0 saturated carbocycles. The van der Waals surface area contributed by atoms with Gasteiger partial charge in [0.2, 0.25) is 0 Å². The number of hydrogen-bond acceptors (Lipinski definition) is 5. The fourth-order valence-electron chi connectivity index (χ4n) is 4.68. The molecule has 12 heteroatoms. The molecule has 226 valence electrons. The van der Waals surface area contributed by atoms with Crippen molar-refractivity contribution < 1.29 is 22.7 Å². The highest BCUT2D eigenvalue weighted by molar-refractivity contribution is 7.07. The van der Waals surface area contributed by atoms with E-state index in [4.69, 9.17) is 0 Å². The van der Waals surface area contributed by atoms with E-state index in [0.717, 1.165) is 39.2 Å². The summed E-state index contributed by atoms with van der Waals surface area (Å²) >= 11 is 1.41. The lowest BCUT2D eigenvalue weighted by Gasteiger charge is -2.13. The number of thiazole rings is 1.